The molecule has 0 radical (unpaired) electrons. The van der Waals surface area contributed by atoms with Crippen LogP contribution in [0.4, 0.5) is 0 Å². The van der Waals surface area contributed by atoms with Crippen LogP contribution in [0.2, 0.25) is 0 Å². The molecule has 18 heavy (non-hydrogen) atoms. The van der Waals surface area contributed by atoms with Crippen molar-refractivity contribution in [3.05, 3.63) is 29.3 Å². The Balaban J connectivity index is 1.89. The molecule has 2 rings (SSSR count). The Labute approximate surface area is 108 Å². The van der Waals surface area contributed by atoms with Gasteiger partial charge in [0.15, 0.2) is 0 Å². The summed E-state index contributed by atoms with van der Waals surface area (Å²) < 4.78 is 5.49. The van der Waals surface area contributed by atoms with Crippen LogP contribution in [-0.4, -0.2) is 25.6 Å². The third-order valence-electron chi connectivity index (χ3n) is 3.16. The number of amides is 1. The molecule has 0 unspecified atom stereocenters. The van der Waals surface area contributed by atoms with Crippen LogP contribution in [0, 0.1) is 12.8 Å². The van der Waals surface area contributed by atoms with Gasteiger partial charge in [0.25, 0.3) is 0 Å². The first kappa shape index (κ1) is 12.9. The molecule has 1 saturated heterocycles. The lowest BCUT2D eigenvalue weighted by Gasteiger charge is -2.25. The molecule has 0 bridgehead atoms. The van der Waals surface area contributed by atoms with E-state index in [9.17, 15) is 4.79 Å². The molecule has 0 aliphatic carbocycles. The van der Waals surface area contributed by atoms with E-state index in [1.54, 1.807) is 0 Å². The SMILES string of the molecule is CCOc1ccc(CNC(=O)C2CNC2)cc1C. The van der Waals surface area contributed by atoms with Crippen molar-refractivity contribution in [1.29, 1.82) is 0 Å². The van der Waals surface area contributed by atoms with E-state index in [0.29, 0.717) is 13.2 Å². The molecule has 1 fully saturated rings. The molecule has 1 aromatic rings. The van der Waals surface area contributed by atoms with Crippen molar-refractivity contribution >= 4 is 5.91 Å². The molecular formula is C14H20N2O2. The van der Waals surface area contributed by atoms with Crippen molar-refractivity contribution in [3.8, 4) is 5.75 Å². The number of ether oxygens (including phenoxy) is 1. The Hall–Kier alpha value is -1.55. The maximum Gasteiger partial charge on any atom is 0.225 e. The molecular weight excluding hydrogens is 228 g/mol. The zero-order chi connectivity index (χ0) is 13.0. The van der Waals surface area contributed by atoms with Crippen molar-refractivity contribution in [2.45, 2.75) is 20.4 Å². The third-order valence-corrected chi connectivity index (χ3v) is 3.16. The van der Waals surface area contributed by atoms with Gasteiger partial charge in [0, 0.05) is 19.6 Å². The Kier molecular flexibility index (Phi) is 4.20. The van der Waals surface area contributed by atoms with E-state index in [2.05, 4.69) is 16.7 Å². The lowest BCUT2D eigenvalue weighted by atomic mass is 10.0. The molecule has 1 aliphatic heterocycles. The summed E-state index contributed by atoms with van der Waals surface area (Å²) in [7, 11) is 0. The highest BCUT2D eigenvalue weighted by Gasteiger charge is 2.24. The number of nitrogens with one attached hydrogen (secondary N) is 2. The van der Waals surface area contributed by atoms with Crippen molar-refractivity contribution in [1.82, 2.24) is 10.6 Å². The second kappa shape index (κ2) is 5.87. The van der Waals surface area contributed by atoms with Crippen LogP contribution in [-0.2, 0) is 11.3 Å². The standard InChI is InChI=1S/C14H20N2O2/c1-3-18-13-5-4-11(6-10(13)2)7-16-14(17)12-8-15-9-12/h4-6,12,15H,3,7-9H2,1-2H3,(H,16,17). The molecule has 0 aromatic heterocycles. The van der Waals surface area contributed by atoms with E-state index in [-0.39, 0.29) is 11.8 Å². The van der Waals surface area contributed by atoms with Crippen LogP contribution >= 0.6 is 0 Å². The molecule has 98 valence electrons. The van der Waals surface area contributed by atoms with E-state index in [4.69, 9.17) is 4.74 Å². The summed E-state index contributed by atoms with van der Waals surface area (Å²) in [4.78, 5) is 11.7. The van der Waals surface area contributed by atoms with Gasteiger partial charge < -0.3 is 15.4 Å². The molecule has 0 atom stereocenters. The van der Waals surface area contributed by atoms with Gasteiger partial charge in [-0.3, -0.25) is 4.79 Å². The number of aryl methyl sites for hydroxylation is 1. The number of benzene rings is 1. The molecule has 2 N–H and O–H groups in total. The fourth-order valence-electron chi connectivity index (χ4n) is 1.95. The largest absolute Gasteiger partial charge is 0.494 e. The van der Waals surface area contributed by atoms with Gasteiger partial charge in [-0.05, 0) is 31.0 Å². The summed E-state index contributed by atoms with van der Waals surface area (Å²) in [6.45, 7) is 6.85. The van der Waals surface area contributed by atoms with Crippen molar-refractivity contribution in [2.24, 2.45) is 5.92 Å². The highest BCUT2D eigenvalue weighted by molar-refractivity contribution is 5.79. The van der Waals surface area contributed by atoms with E-state index in [0.717, 1.165) is 30.0 Å². The quantitative estimate of drug-likeness (QED) is 0.824. The first-order valence-corrected chi connectivity index (χ1v) is 6.41. The first-order chi connectivity index (χ1) is 8.70. The van der Waals surface area contributed by atoms with Gasteiger partial charge in [0.2, 0.25) is 5.91 Å². The van der Waals surface area contributed by atoms with Crippen LogP contribution in [0.15, 0.2) is 18.2 Å². The Bertz CT molecular complexity index is 428. The third kappa shape index (κ3) is 3.01. The lowest BCUT2D eigenvalue weighted by Crippen LogP contribution is -2.50. The van der Waals surface area contributed by atoms with Gasteiger partial charge >= 0.3 is 0 Å². The topological polar surface area (TPSA) is 50.4 Å². The summed E-state index contributed by atoms with van der Waals surface area (Å²) in [5, 5.41) is 6.05. The smallest absolute Gasteiger partial charge is 0.225 e. The van der Waals surface area contributed by atoms with Crippen molar-refractivity contribution < 1.29 is 9.53 Å². The summed E-state index contributed by atoms with van der Waals surface area (Å²) in [5.41, 5.74) is 2.21. The average molecular weight is 248 g/mol. The van der Waals surface area contributed by atoms with E-state index in [1.807, 2.05) is 26.0 Å². The van der Waals surface area contributed by atoms with Crippen molar-refractivity contribution in [3.63, 3.8) is 0 Å². The van der Waals surface area contributed by atoms with Crippen LogP contribution in [0.3, 0.4) is 0 Å². The number of hydrogen-bond acceptors (Lipinski definition) is 3. The summed E-state index contributed by atoms with van der Waals surface area (Å²) >= 11 is 0. The zero-order valence-electron chi connectivity index (χ0n) is 11.0. The monoisotopic (exact) mass is 248 g/mol. The highest BCUT2D eigenvalue weighted by atomic mass is 16.5. The normalized spacial score (nSPS) is 15.0. The fourth-order valence-corrected chi connectivity index (χ4v) is 1.95. The molecule has 4 heteroatoms. The molecule has 1 aromatic carbocycles. The Morgan fingerprint density at radius 1 is 1.50 bits per heavy atom. The van der Waals surface area contributed by atoms with E-state index >= 15 is 0 Å². The zero-order valence-corrected chi connectivity index (χ0v) is 11.0. The molecule has 1 heterocycles. The maximum absolute atomic E-state index is 11.7. The summed E-state index contributed by atoms with van der Waals surface area (Å²) in [6, 6.07) is 6.02. The maximum atomic E-state index is 11.7. The minimum atomic E-state index is 0.139. The van der Waals surface area contributed by atoms with Crippen LogP contribution < -0.4 is 15.4 Å². The first-order valence-electron chi connectivity index (χ1n) is 6.41. The molecule has 0 saturated carbocycles. The van der Waals surface area contributed by atoms with Gasteiger partial charge in [-0.1, -0.05) is 12.1 Å². The second-order valence-corrected chi connectivity index (χ2v) is 4.61. The van der Waals surface area contributed by atoms with Crippen LogP contribution in [0.5, 0.6) is 5.75 Å². The fraction of sp³-hybridized carbons (Fsp3) is 0.500. The minimum absolute atomic E-state index is 0.139. The highest BCUT2D eigenvalue weighted by Crippen LogP contribution is 2.19. The second-order valence-electron chi connectivity index (χ2n) is 4.61. The Morgan fingerprint density at radius 3 is 2.83 bits per heavy atom. The number of hydrogen-bond donors (Lipinski definition) is 2. The van der Waals surface area contributed by atoms with E-state index < -0.39 is 0 Å². The van der Waals surface area contributed by atoms with Gasteiger partial charge in [-0.2, -0.15) is 0 Å². The van der Waals surface area contributed by atoms with E-state index in [1.165, 1.54) is 0 Å². The minimum Gasteiger partial charge on any atom is -0.494 e. The van der Waals surface area contributed by atoms with Crippen molar-refractivity contribution in [2.75, 3.05) is 19.7 Å². The predicted octanol–water partition coefficient (Wildman–Crippen LogP) is 1.23. The Morgan fingerprint density at radius 2 is 2.28 bits per heavy atom. The molecule has 1 amide bonds. The number of rotatable bonds is 5. The predicted molar refractivity (Wildman–Crippen MR) is 70.6 cm³/mol. The molecule has 4 nitrogen and oxygen atoms in total. The lowest BCUT2D eigenvalue weighted by molar-refractivity contribution is -0.126. The van der Waals surface area contributed by atoms with Gasteiger partial charge in [0.05, 0.1) is 12.5 Å². The van der Waals surface area contributed by atoms with Crippen LogP contribution in [0.25, 0.3) is 0 Å². The summed E-state index contributed by atoms with van der Waals surface area (Å²) in [5.74, 6) is 1.20. The molecule has 0 spiro atoms. The average Bonchev–Trinajstić information content (AvgIpc) is 2.27. The summed E-state index contributed by atoms with van der Waals surface area (Å²) in [6.07, 6.45) is 0. The van der Waals surface area contributed by atoms with Gasteiger partial charge in [-0.15, -0.1) is 0 Å². The molecule has 1 aliphatic rings. The number of carbonyl (C=O) groups is 1. The van der Waals surface area contributed by atoms with Gasteiger partial charge in [0.1, 0.15) is 5.75 Å². The number of carbonyl (C=O) groups excluding carboxylic acids is 1. The van der Waals surface area contributed by atoms with Gasteiger partial charge in [-0.25, -0.2) is 0 Å². The van der Waals surface area contributed by atoms with Crippen LogP contribution in [0.1, 0.15) is 18.1 Å².